The molecule has 0 aliphatic heterocycles. The number of nitrogens with one attached hydrogen (secondary N) is 1. The SMILES string of the molecule is CC(=O)NC(C)C.Cl.Nc1ccccc1. The third kappa shape index (κ3) is 12.8. The van der Waals surface area contributed by atoms with Gasteiger partial charge in [-0.05, 0) is 26.0 Å². The average Bonchev–Trinajstić information content (AvgIpc) is 2.03. The Kier molecular flexibility index (Phi) is 10.1. The molecule has 1 aromatic rings. The number of nitrogens with two attached hydrogens (primary N) is 1. The summed E-state index contributed by atoms with van der Waals surface area (Å²) in [7, 11) is 0. The highest BCUT2D eigenvalue weighted by molar-refractivity contribution is 5.85. The minimum Gasteiger partial charge on any atom is -0.399 e. The van der Waals surface area contributed by atoms with Crippen LogP contribution in [0.2, 0.25) is 0 Å². The van der Waals surface area contributed by atoms with E-state index >= 15 is 0 Å². The molecule has 0 spiro atoms. The second-order valence-corrected chi connectivity index (χ2v) is 3.27. The molecule has 0 unspecified atom stereocenters. The second-order valence-electron chi connectivity index (χ2n) is 3.27. The maximum Gasteiger partial charge on any atom is 0.217 e. The lowest BCUT2D eigenvalue weighted by Crippen LogP contribution is -2.27. The lowest BCUT2D eigenvalue weighted by Gasteiger charge is -2.02. The van der Waals surface area contributed by atoms with Gasteiger partial charge in [-0.1, -0.05) is 18.2 Å². The summed E-state index contributed by atoms with van der Waals surface area (Å²) in [5.41, 5.74) is 6.18. The van der Waals surface area contributed by atoms with E-state index in [4.69, 9.17) is 5.73 Å². The van der Waals surface area contributed by atoms with Crippen LogP contribution in [0.1, 0.15) is 20.8 Å². The summed E-state index contributed by atoms with van der Waals surface area (Å²) in [6, 6.07) is 9.76. The molecular formula is C11H19ClN2O. The minimum absolute atomic E-state index is 0. The zero-order chi connectivity index (χ0) is 11.0. The predicted molar refractivity (Wildman–Crippen MR) is 67.1 cm³/mol. The summed E-state index contributed by atoms with van der Waals surface area (Å²) in [5.74, 6) is 0.0370. The van der Waals surface area contributed by atoms with Crippen molar-refractivity contribution in [2.75, 3.05) is 5.73 Å². The average molecular weight is 231 g/mol. The fraction of sp³-hybridized carbons (Fsp3) is 0.364. The number of carbonyl (C=O) groups excluding carboxylic acids is 1. The monoisotopic (exact) mass is 230 g/mol. The molecule has 1 amide bonds. The van der Waals surface area contributed by atoms with E-state index in [0.717, 1.165) is 5.69 Å². The first kappa shape index (κ1) is 16.2. The molecule has 0 aromatic heterocycles. The summed E-state index contributed by atoms with van der Waals surface area (Å²) in [6.45, 7) is 5.38. The number of anilines is 1. The molecule has 4 heteroatoms. The van der Waals surface area contributed by atoms with Gasteiger partial charge in [0.05, 0.1) is 0 Å². The van der Waals surface area contributed by atoms with Crippen LogP contribution in [0.25, 0.3) is 0 Å². The van der Waals surface area contributed by atoms with Crippen LogP contribution in [0.3, 0.4) is 0 Å². The number of halogens is 1. The van der Waals surface area contributed by atoms with E-state index in [-0.39, 0.29) is 24.4 Å². The fourth-order valence-corrected chi connectivity index (χ4v) is 0.860. The van der Waals surface area contributed by atoms with Gasteiger partial charge in [-0.2, -0.15) is 0 Å². The highest BCUT2D eigenvalue weighted by atomic mass is 35.5. The molecule has 0 heterocycles. The first-order chi connectivity index (χ1) is 6.52. The molecular weight excluding hydrogens is 212 g/mol. The summed E-state index contributed by atoms with van der Waals surface area (Å²) in [6.07, 6.45) is 0. The zero-order valence-corrected chi connectivity index (χ0v) is 10.2. The van der Waals surface area contributed by atoms with Gasteiger partial charge in [0, 0.05) is 18.7 Å². The third-order valence-corrected chi connectivity index (χ3v) is 1.29. The van der Waals surface area contributed by atoms with Crippen molar-refractivity contribution in [1.29, 1.82) is 0 Å². The molecule has 3 N–H and O–H groups in total. The van der Waals surface area contributed by atoms with Crippen molar-refractivity contribution in [1.82, 2.24) is 5.32 Å². The van der Waals surface area contributed by atoms with Crippen LogP contribution in [-0.4, -0.2) is 11.9 Å². The van der Waals surface area contributed by atoms with Gasteiger partial charge in [0.15, 0.2) is 0 Å². The quantitative estimate of drug-likeness (QED) is 0.727. The summed E-state index contributed by atoms with van der Waals surface area (Å²) < 4.78 is 0. The van der Waals surface area contributed by atoms with E-state index < -0.39 is 0 Å². The Labute approximate surface area is 97.5 Å². The van der Waals surface area contributed by atoms with Crippen LogP contribution in [-0.2, 0) is 4.79 Å². The molecule has 0 radical (unpaired) electrons. The molecule has 0 saturated heterocycles. The smallest absolute Gasteiger partial charge is 0.217 e. The lowest BCUT2D eigenvalue weighted by atomic mass is 10.3. The number of para-hydroxylation sites is 1. The number of hydrogen-bond donors (Lipinski definition) is 2. The normalized spacial score (nSPS) is 8.27. The van der Waals surface area contributed by atoms with E-state index in [9.17, 15) is 4.79 Å². The molecule has 0 fully saturated rings. The van der Waals surface area contributed by atoms with E-state index in [0.29, 0.717) is 0 Å². The van der Waals surface area contributed by atoms with Crippen molar-refractivity contribution in [3.63, 3.8) is 0 Å². The summed E-state index contributed by atoms with van der Waals surface area (Å²) in [5, 5.41) is 2.67. The van der Waals surface area contributed by atoms with Gasteiger partial charge in [-0.3, -0.25) is 4.79 Å². The molecule has 0 bridgehead atoms. The van der Waals surface area contributed by atoms with E-state index in [1.807, 2.05) is 44.2 Å². The Morgan fingerprint density at radius 3 is 1.87 bits per heavy atom. The maximum absolute atomic E-state index is 10.1. The van der Waals surface area contributed by atoms with Crippen LogP contribution in [0, 0.1) is 0 Å². The number of hydrogen-bond acceptors (Lipinski definition) is 2. The molecule has 1 aromatic carbocycles. The van der Waals surface area contributed by atoms with Crippen molar-refractivity contribution in [3.05, 3.63) is 30.3 Å². The zero-order valence-electron chi connectivity index (χ0n) is 9.36. The van der Waals surface area contributed by atoms with E-state index in [1.165, 1.54) is 6.92 Å². The topological polar surface area (TPSA) is 55.1 Å². The minimum atomic E-state index is 0. The van der Waals surface area contributed by atoms with Gasteiger partial charge in [-0.15, -0.1) is 12.4 Å². The van der Waals surface area contributed by atoms with Crippen molar-refractivity contribution >= 4 is 24.0 Å². The summed E-state index contributed by atoms with van der Waals surface area (Å²) >= 11 is 0. The van der Waals surface area contributed by atoms with Crippen molar-refractivity contribution in [2.45, 2.75) is 26.8 Å². The highest BCUT2D eigenvalue weighted by Crippen LogP contribution is 1.95. The molecule has 0 aliphatic carbocycles. The second kappa shape index (κ2) is 9.34. The number of carbonyl (C=O) groups is 1. The fourth-order valence-electron chi connectivity index (χ4n) is 0.860. The Morgan fingerprint density at radius 2 is 1.73 bits per heavy atom. The molecule has 15 heavy (non-hydrogen) atoms. The molecule has 0 aliphatic rings. The maximum atomic E-state index is 10.1. The number of amides is 1. The third-order valence-electron chi connectivity index (χ3n) is 1.29. The number of nitrogen functional groups attached to an aromatic ring is 1. The van der Waals surface area contributed by atoms with Crippen molar-refractivity contribution < 1.29 is 4.79 Å². The van der Waals surface area contributed by atoms with Crippen molar-refractivity contribution in [2.24, 2.45) is 0 Å². The molecule has 0 atom stereocenters. The highest BCUT2D eigenvalue weighted by Gasteiger charge is 1.90. The Morgan fingerprint density at radius 1 is 1.27 bits per heavy atom. The van der Waals surface area contributed by atoms with Gasteiger partial charge in [-0.25, -0.2) is 0 Å². The standard InChI is InChI=1S/C6H7N.C5H11NO.ClH/c7-6-4-2-1-3-5-6;1-4(2)6-5(3)7;/h1-5H,7H2;4H,1-3H3,(H,6,7);1H. The molecule has 86 valence electrons. The van der Waals surface area contributed by atoms with E-state index in [1.54, 1.807) is 0 Å². The van der Waals surface area contributed by atoms with Crippen LogP contribution in [0.15, 0.2) is 30.3 Å². The predicted octanol–water partition coefficient (Wildman–Crippen LogP) is 2.22. The summed E-state index contributed by atoms with van der Waals surface area (Å²) in [4.78, 5) is 10.1. The van der Waals surface area contributed by atoms with Gasteiger partial charge < -0.3 is 11.1 Å². The molecule has 1 rings (SSSR count). The molecule has 3 nitrogen and oxygen atoms in total. The van der Waals surface area contributed by atoms with E-state index in [2.05, 4.69) is 5.32 Å². The van der Waals surface area contributed by atoms with Crippen LogP contribution < -0.4 is 11.1 Å². The van der Waals surface area contributed by atoms with Gasteiger partial charge >= 0.3 is 0 Å². The molecule has 0 saturated carbocycles. The number of rotatable bonds is 1. The first-order valence-electron chi connectivity index (χ1n) is 4.60. The number of benzene rings is 1. The first-order valence-corrected chi connectivity index (χ1v) is 4.60. The Bertz CT molecular complexity index is 263. The van der Waals surface area contributed by atoms with Crippen molar-refractivity contribution in [3.8, 4) is 0 Å². The Hall–Kier alpha value is -1.22. The van der Waals surface area contributed by atoms with Gasteiger partial charge in [0.25, 0.3) is 0 Å². The van der Waals surface area contributed by atoms with Crippen LogP contribution in [0.5, 0.6) is 0 Å². The van der Waals surface area contributed by atoms with Crippen LogP contribution in [0.4, 0.5) is 5.69 Å². The van der Waals surface area contributed by atoms with Crippen LogP contribution >= 0.6 is 12.4 Å². The Balaban J connectivity index is 0. The lowest BCUT2D eigenvalue weighted by molar-refractivity contribution is -0.119. The largest absolute Gasteiger partial charge is 0.399 e. The van der Waals surface area contributed by atoms with Gasteiger partial charge in [0.2, 0.25) is 5.91 Å². The van der Waals surface area contributed by atoms with Gasteiger partial charge in [0.1, 0.15) is 0 Å².